The number of fused-ring (bicyclic) bond motifs is 2. The Labute approximate surface area is 153 Å². The van der Waals surface area contributed by atoms with E-state index in [1.165, 1.54) is 18.2 Å². The molecule has 1 amide bonds. The van der Waals surface area contributed by atoms with Crippen LogP contribution < -0.4 is 10.0 Å². The van der Waals surface area contributed by atoms with Crippen LogP contribution in [0.15, 0.2) is 66.7 Å². The molecular formula is C21H12NO5-. The second kappa shape index (κ2) is 6.10. The second-order valence-corrected chi connectivity index (χ2v) is 5.99. The first kappa shape index (κ1) is 16.5. The van der Waals surface area contributed by atoms with E-state index >= 15 is 0 Å². The Morgan fingerprint density at radius 2 is 1.33 bits per heavy atom. The fraction of sp³-hybridized carbons (Fsp3) is 0. The summed E-state index contributed by atoms with van der Waals surface area (Å²) in [6.45, 7) is 0. The van der Waals surface area contributed by atoms with Crippen LogP contribution in [0, 0.1) is 0 Å². The van der Waals surface area contributed by atoms with Crippen LogP contribution >= 0.6 is 0 Å². The van der Waals surface area contributed by atoms with Crippen molar-refractivity contribution in [2.45, 2.75) is 0 Å². The Morgan fingerprint density at radius 3 is 1.93 bits per heavy atom. The number of benzene rings is 3. The van der Waals surface area contributed by atoms with Gasteiger partial charge in [-0.3, -0.25) is 9.59 Å². The number of carbonyl (C=O) groups excluding carboxylic acids is 2. The molecule has 6 nitrogen and oxygen atoms in total. The maximum absolute atomic E-state index is 13.1. The minimum atomic E-state index is -1.33. The molecule has 27 heavy (non-hydrogen) atoms. The van der Waals surface area contributed by atoms with Crippen LogP contribution in [0.5, 0.6) is 5.75 Å². The van der Waals surface area contributed by atoms with Crippen molar-refractivity contribution in [1.82, 2.24) is 0 Å². The highest BCUT2D eigenvalue weighted by atomic mass is 16.4. The van der Waals surface area contributed by atoms with Gasteiger partial charge in [-0.1, -0.05) is 54.3 Å². The van der Waals surface area contributed by atoms with E-state index in [4.69, 9.17) is 0 Å². The third-order valence-electron chi connectivity index (χ3n) is 4.46. The number of carboxylic acid groups (broad SMARTS) is 1. The molecule has 0 atom stereocenters. The van der Waals surface area contributed by atoms with Crippen molar-refractivity contribution < 1.29 is 24.6 Å². The summed E-state index contributed by atoms with van der Waals surface area (Å²) >= 11 is 0. The molecule has 0 saturated heterocycles. The van der Waals surface area contributed by atoms with Crippen LogP contribution in [0.3, 0.4) is 0 Å². The third kappa shape index (κ3) is 2.46. The van der Waals surface area contributed by atoms with Gasteiger partial charge < -0.3 is 10.2 Å². The van der Waals surface area contributed by atoms with Crippen LogP contribution in [0.1, 0.15) is 31.8 Å². The molecule has 3 aromatic carbocycles. The van der Waals surface area contributed by atoms with Gasteiger partial charge in [0.1, 0.15) is 0 Å². The lowest BCUT2D eigenvalue weighted by atomic mass is 9.82. The van der Waals surface area contributed by atoms with Gasteiger partial charge in [0.05, 0.1) is 16.9 Å². The lowest BCUT2D eigenvalue weighted by Crippen LogP contribution is -2.30. The Balaban J connectivity index is 2.02. The summed E-state index contributed by atoms with van der Waals surface area (Å²) < 4.78 is 0. The zero-order chi connectivity index (χ0) is 19.1. The first-order valence-corrected chi connectivity index (χ1v) is 8.11. The van der Waals surface area contributed by atoms with Crippen molar-refractivity contribution in [1.29, 1.82) is 0 Å². The maximum Gasteiger partial charge on any atom is 0.416 e. The fourth-order valence-electron chi connectivity index (χ4n) is 3.29. The zero-order valence-electron chi connectivity index (χ0n) is 13.9. The van der Waals surface area contributed by atoms with E-state index < -0.39 is 23.4 Å². The average Bonchev–Trinajstić information content (AvgIpc) is 2.68. The fourth-order valence-corrected chi connectivity index (χ4v) is 3.29. The largest absolute Gasteiger partial charge is 0.872 e. The van der Waals surface area contributed by atoms with Gasteiger partial charge in [-0.05, 0) is 18.2 Å². The lowest BCUT2D eigenvalue weighted by Gasteiger charge is -2.28. The number of hydrogen-bond acceptors (Lipinski definition) is 4. The summed E-state index contributed by atoms with van der Waals surface area (Å²) in [5.74, 6) is -1.74. The molecule has 0 aromatic heterocycles. The van der Waals surface area contributed by atoms with Gasteiger partial charge in [-0.25, -0.2) is 9.69 Å². The third-order valence-corrected chi connectivity index (χ3v) is 4.46. The van der Waals surface area contributed by atoms with Crippen LogP contribution in [0.2, 0.25) is 0 Å². The van der Waals surface area contributed by atoms with E-state index in [-0.39, 0.29) is 27.9 Å². The summed E-state index contributed by atoms with van der Waals surface area (Å²) in [5, 5.41) is 22.1. The quantitative estimate of drug-likeness (QED) is 0.592. The smallest absolute Gasteiger partial charge is 0.416 e. The van der Waals surface area contributed by atoms with E-state index in [0.717, 1.165) is 11.0 Å². The molecule has 3 aromatic rings. The Morgan fingerprint density at radius 1 is 0.778 bits per heavy atom. The summed E-state index contributed by atoms with van der Waals surface area (Å²) in [5.41, 5.74) is 0.100. The van der Waals surface area contributed by atoms with Crippen LogP contribution in [-0.4, -0.2) is 22.8 Å². The highest BCUT2D eigenvalue weighted by Gasteiger charge is 2.34. The van der Waals surface area contributed by atoms with E-state index in [9.17, 15) is 24.6 Å². The number of anilines is 2. The molecule has 132 valence electrons. The number of para-hydroxylation sites is 1. The normalized spacial score (nSPS) is 12.3. The van der Waals surface area contributed by atoms with E-state index in [0.29, 0.717) is 5.69 Å². The molecule has 1 aliphatic rings. The number of carbonyl (C=O) groups is 3. The summed E-state index contributed by atoms with van der Waals surface area (Å²) in [6, 6.07) is 16.7. The molecular weight excluding hydrogens is 346 g/mol. The van der Waals surface area contributed by atoms with Crippen molar-refractivity contribution in [3.8, 4) is 5.75 Å². The van der Waals surface area contributed by atoms with Crippen molar-refractivity contribution in [3.63, 3.8) is 0 Å². The summed E-state index contributed by atoms with van der Waals surface area (Å²) in [4.78, 5) is 38.8. The average molecular weight is 358 g/mol. The van der Waals surface area contributed by atoms with E-state index in [1.807, 2.05) is 0 Å². The van der Waals surface area contributed by atoms with Gasteiger partial charge in [0, 0.05) is 16.7 Å². The SMILES string of the molecule is O=C1c2ccccc2C(=O)c2c(N(C(=O)O)c3ccccc3)ccc([O-])c21. The van der Waals surface area contributed by atoms with Gasteiger partial charge in [-0.15, -0.1) is 0 Å². The highest BCUT2D eigenvalue weighted by Crippen LogP contribution is 2.39. The van der Waals surface area contributed by atoms with Gasteiger partial charge >= 0.3 is 6.09 Å². The van der Waals surface area contributed by atoms with E-state index in [2.05, 4.69) is 0 Å². The van der Waals surface area contributed by atoms with Gasteiger partial charge in [0.15, 0.2) is 11.6 Å². The summed E-state index contributed by atoms with van der Waals surface area (Å²) in [6.07, 6.45) is -1.33. The number of rotatable bonds is 2. The van der Waals surface area contributed by atoms with Crippen LogP contribution in [0.25, 0.3) is 0 Å². The van der Waals surface area contributed by atoms with Crippen molar-refractivity contribution in [3.05, 3.63) is 89.0 Å². The number of nitrogens with zero attached hydrogens (tertiary/aromatic N) is 1. The molecule has 6 heteroatoms. The second-order valence-electron chi connectivity index (χ2n) is 5.99. The zero-order valence-corrected chi connectivity index (χ0v) is 13.9. The molecule has 0 fully saturated rings. The monoisotopic (exact) mass is 358 g/mol. The number of amides is 1. The van der Waals surface area contributed by atoms with Gasteiger partial charge in [0.2, 0.25) is 0 Å². The molecule has 0 spiro atoms. The minimum Gasteiger partial charge on any atom is -0.872 e. The molecule has 4 rings (SSSR count). The molecule has 0 radical (unpaired) electrons. The maximum atomic E-state index is 13.1. The Hall–Kier alpha value is -3.93. The van der Waals surface area contributed by atoms with Gasteiger partial charge in [-0.2, -0.15) is 0 Å². The molecule has 0 bridgehead atoms. The Kier molecular flexibility index (Phi) is 3.74. The molecule has 0 unspecified atom stereocenters. The van der Waals surface area contributed by atoms with Crippen LogP contribution in [0.4, 0.5) is 16.2 Å². The molecule has 1 aliphatic carbocycles. The first-order chi connectivity index (χ1) is 13.0. The first-order valence-electron chi connectivity index (χ1n) is 8.11. The number of hydrogen-bond donors (Lipinski definition) is 1. The molecule has 1 N–H and O–H groups in total. The molecule has 0 saturated carbocycles. The summed E-state index contributed by atoms with van der Waals surface area (Å²) in [7, 11) is 0. The topological polar surface area (TPSA) is 97.7 Å². The van der Waals surface area contributed by atoms with Gasteiger partial charge in [0.25, 0.3) is 0 Å². The minimum absolute atomic E-state index is 0.0175. The van der Waals surface area contributed by atoms with Crippen LogP contribution in [-0.2, 0) is 0 Å². The molecule has 0 heterocycles. The van der Waals surface area contributed by atoms with Crippen molar-refractivity contribution in [2.75, 3.05) is 4.90 Å². The molecule has 0 aliphatic heterocycles. The van der Waals surface area contributed by atoms with Crippen molar-refractivity contribution >= 4 is 29.0 Å². The predicted molar refractivity (Wildman–Crippen MR) is 95.8 cm³/mol. The lowest BCUT2D eigenvalue weighted by molar-refractivity contribution is -0.268. The Bertz CT molecular complexity index is 1100. The highest BCUT2D eigenvalue weighted by molar-refractivity contribution is 6.31. The van der Waals surface area contributed by atoms with E-state index in [1.54, 1.807) is 42.5 Å². The van der Waals surface area contributed by atoms with Crippen molar-refractivity contribution in [2.24, 2.45) is 0 Å². The standard InChI is InChI=1S/C21H13NO5/c23-16-11-10-15(22(21(26)27)12-6-2-1-3-7-12)17-18(16)20(25)14-9-5-4-8-13(14)19(17)24/h1-11,23H,(H,26,27)/p-1. The predicted octanol–water partition coefficient (Wildman–Crippen LogP) is 3.35. The number of ketones is 2.